The van der Waals surface area contributed by atoms with Crippen LogP contribution in [0, 0.1) is 0 Å². The minimum absolute atomic E-state index is 0.379. The lowest BCUT2D eigenvalue weighted by Crippen LogP contribution is -2.44. The fourth-order valence-corrected chi connectivity index (χ4v) is 3.05. The van der Waals surface area contributed by atoms with E-state index in [9.17, 15) is 9.59 Å². The van der Waals surface area contributed by atoms with E-state index in [0.29, 0.717) is 22.2 Å². The van der Waals surface area contributed by atoms with Crippen LogP contribution in [0.4, 0.5) is 4.79 Å². The van der Waals surface area contributed by atoms with Crippen molar-refractivity contribution in [3.05, 3.63) is 63.9 Å². The fraction of sp³-hybridized carbons (Fsp3) is 0.188. The van der Waals surface area contributed by atoms with E-state index in [1.54, 1.807) is 37.4 Å². The summed E-state index contributed by atoms with van der Waals surface area (Å²) in [5.41, 5.74) is 0.374. The summed E-state index contributed by atoms with van der Waals surface area (Å²) < 4.78 is 1.87. The highest BCUT2D eigenvalue weighted by molar-refractivity contribution is 6.35. The van der Waals surface area contributed by atoms with Gasteiger partial charge in [0.05, 0.1) is 21.2 Å². The molecule has 7 heteroatoms. The molecule has 23 heavy (non-hydrogen) atoms. The minimum Gasteiger partial charge on any atom is -0.319 e. The van der Waals surface area contributed by atoms with Crippen molar-refractivity contribution in [2.45, 2.75) is 19.0 Å². The molecule has 1 aliphatic rings. The van der Waals surface area contributed by atoms with Crippen LogP contribution in [-0.2, 0) is 16.9 Å². The molecule has 1 saturated heterocycles. The molecule has 0 spiro atoms. The van der Waals surface area contributed by atoms with E-state index in [-0.39, 0.29) is 5.91 Å². The Morgan fingerprint density at radius 2 is 1.83 bits per heavy atom. The van der Waals surface area contributed by atoms with E-state index in [1.165, 1.54) is 0 Å². The molecule has 1 fully saturated rings. The van der Waals surface area contributed by atoms with Crippen molar-refractivity contribution >= 4 is 35.1 Å². The van der Waals surface area contributed by atoms with Gasteiger partial charge in [0.2, 0.25) is 0 Å². The number of imide groups is 1. The molecule has 3 rings (SSSR count). The van der Waals surface area contributed by atoms with Crippen LogP contribution in [-0.4, -0.2) is 11.9 Å². The standard InChI is InChI=1S/C16H13Cl2N3O2/c1-16(14(22)19-15(23)20-16)10-4-3-7-21(8-10)9-11-12(17)5-2-6-13(11)18/h2-8H,9H2,1H3,(H-,19,20,22,23)/p+1. The third-order valence-electron chi connectivity index (χ3n) is 3.88. The van der Waals surface area contributed by atoms with Gasteiger partial charge in [-0.1, -0.05) is 29.3 Å². The molecule has 1 atom stereocenters. The maximum absolute atomic E-state index is 12.0. The number of benzene rings is 1. The minimum atomic E-state index is -1.09. The number of nitrogens with one attached hydrogen (secondary N) is 2. The van der Waals surface area contributed by atoms with E-state index in [0.717, 1.165) is 5.56 Å². The number of rotatable bonds is 3. The highest BCUT2D eigenvalue weighted by atomic mass is 35.5. The number of aromatic nitrogens is 1. The lowest BCUT2D eigenvalue weighted by Gasteiger charge is -2.19. The molecule has 5 nitrogen and oxygen atoms in total. The van der Waals surface area contributed by atoms with Crippen molar-refractivity contribution in [3.63, 3.8) is 0 Å². The molecule has 2 heterocycles. The zero-order chi connectivity index (χ0) is 16.6. The first-order chi connectivity index (χ1) is 10.9. The predicted molar refractivity (Wildman–Crippen MR) is 86.2 cm³/mol. The second-order valence-electron chi connectivity index (χ2n) is 5.50. The fourth-order valence-electron chi connectivity index (χ4n) is 2.53. The summed E-state index contributed by atoms with van der Waals surface area (Å²) in [4.78, 5) is 23.5. The third kappa shape index (κ3) is 2.90. The van der Waals surface area contributed by atoms with Gasteiger partial charge < -0.3 is 5.32 Å². The van der Waals surface area contributed by atoms with Gasteiger partial charge in [0.15, 0.2) is 18.9 Å². The van der Waals surface area contributed by atoms with Gasteiger partial charge >= 0.3 is 6.03 Å². The zero-order valence-electron chi connectivity index (χ0n) is 12.3. The van der Waals surface area contributed by atoms with Crippen LogP contribution in [0.3, 0.4) is 0 Å². The monoisotopic (exact) mass is 350 g/mol. The van der Waals surface area contributed by atoms with Crippen LogP contribution >= 0.6 is 23.2 Å². The number of halogens is 2. The van der Waals surface area contributed by atoms with Crippen LogP contribution in [0.15, 0.2) is 42.7 Å². The first-order valence-corrected chi connectivity index (χ1v) is 7.72. The molecular weight excluding hydrogens is 337 g/mol. The van der Waals surface area contributed by atoms with Gasteiger partial charge in [0.25, 0.3) is 5.91 Å². The van der Waals surface area contributed by atoms with Gasteiger partial charge in [-0.15, -0.1) is 0 Å². The molecule has 1 aliphatic heterocycles. The molecule has 2 aromatic rings. The molecule has 1 aromatic carbocycles. The molecule has 2 N–H and O–H groups in total. The highest BCUT2D eigenvalue weighted by Crippen LogP contribution is 2.25. The molecule has 1 aromatic heterocycles. The second-order valence-corrected chi connectivity index (χ2v) is 6.31. The number of amides is 3. The van der Waals surface area contributed by atoms with Crippen LogP contribution < -0.4 is 15.2 Å². The van der Waals surface area contributed by atoms with Crippen LogP contribution in [0.2, 0.25) is 10.0 Å². The van der Waals surface area contributed by atoms with Crippen molar-refractivity contribution in [2.75, 3.05) is 0 Å². The first-order valence-electron chi connectivity index (χ1n) is 6.96. The normalized spacial score (nSPS) is 20.3. The number of carbonyl (C=O) groups is 2. The number of carbonyl (C=O) groups excluding carboxylic acids is 2. The Morgan fingerprint density at radius 1 is 1.13 bits per heavy atom. The highest BCUT2D eigenvalue weighted by Gasteiger charge is 2.44. The van der Waals surface area contributed by atoms with Crippen LogP contribution in [0.25, 0.3) is 0 Å². The van der Waals surface area contributed by atoms with Crippen molar-refractivity contribution in [3.8, 4) is 0 Å². The number of nitrogens with zero attached hydrogens (tertiary/aromatic N) is 1. The molecule has 0 bridgehead atoms. The Morgan fingerprint density at radius 3 is 2.43 bits per heavy atom. The Kier molecular flexibility index (Phi) is 4.00. The number of hydrogen-bond acceptors (Lipinski definition) is 2. The van der Waals surface area contributed by atoms with Gasteiger partial charge in [-0.05, 0) is 25.1 Å². The maximum atomic E-state index is 12.0. The number of hydrogen-bond donors (Lipinski definition) is 2. The van der Waals surface area contributed by atoms with E-state index in [4.69, 9.17) is 23.2 Å². The Hall–Kier alpha value is -2.11. The van der Waals surface area contributed by atoms with Gasteiger partial charge in [-0.25, -0.2) is 9.36 Å². The zero-order valence-corrected chi connectivity index (χ0v) is 13.8. The van der Waals surface area contributed by atoms with Crippen molar-refractivity contribution in [1.29, 1.82) is 0 Å². The summed E-state index contributed by atoms with van der Waals surface area (Å²) in [7, 11) is 0. The van der Waals surface area contributed by atoms with Crippen molar-refractivity contribution in [1.82, 2.24) is 10.6 Å². The molecular formula is C16H14Cl2N3O2+. The van der Waals surface area contributed by atoms with Gasteiger partial charge in [0.1, 0.15) is 5.54 Å². The van der Waals surface area contributed by atoms with Gasteiger partial charge in [0, 0.05) is 6.07 Å². The summed E-state index contributed by atoms with van der Waals surface area (Å²) in [6, 6.07) is 8.44. The topological polar surface area (TPSA) is 62.1 Å². The molecule has 0 radical (unpaired) electrons. The molecule has 118 valence electrons. The summed E-state index contributed by atoms with van der Waals surface area (Å²) in [5.74, 6) is -0.379. The summed E-state index contributed by atoms with van der Waals surface area (Å²) in [6.45, 7) is 2.12. The average molecular weight is 351 g/mol. The lowest BCUT2D eigenvalue weighted by molar-refractivity contribution is -0.688. The molecule has 1 unspecified atom stereocenters. The van der Waals surface area contributed by atoms with Gasteiger partial charge in [-0.2, -0.15) is 0 Å². The van der Waals surface area contributed by atoms with E-state index in [1.807, 2.05) is 16.8 Å². The van der Waals surface area contributed by atoms with Crippen LogP contribution in [0.1, 0.15) is 18.1 Å². The SMILES string of the molecule is CC1(c2ccc[n+](Cc3c(Cl)cccc3Cl)c2)NC(=O)NC1=O. The Balaban J connectivity index is 1.95. The quantitative estimate of drug-likeness (QED) is 0.659. The molecule has 0 aliphatic carbocycles. The lowest BCUT2D eigenvalue weighted by atomic mass is 9.94. The summed E-state index contributed by atoms with van der Waals surface area (Å²) in [6.07, 6.45) is 3.64. The number of urea groups is 1. The first kappa shape index (κ1) is 15.8. The summed E-state index contributed by atoms with van der Waals surface area (Å²) in [5, 5.41) is 6.05. The second kappa shape index (κ2) is 5.83. The Bertz CT molecular complexity index is 789. The van der Waals surface area contributed by atoms with Gasteiger partial charge in [-0.3, -0.25) is 10.1 Å². The third-order valence-corrected chi connectivity index (χ3v) is 4.59. The van der Waals surface area contributed by atoms with E-state index < -0.39 is 11.6 Å². The largest absolute Gasteiger partial charge is 0.322 e. The number of pyridine rings is 1. The molecule has 3 amide bonds. The van der Waals surface area contributed by atoms with E-state index >= 15 is 0 Å². The average Bonchev–Trinajstić information content (AvgIpc) is 2.77. The predicted octanol–water partition coefficient (Wildman–Crippen LogP) is 2.38. The molecule has 0 saturated carbocycles. The van der Waals surface area contributed by atoms with Crippen molar-refractivity contribution < 1.29 is 14.2 Å². The smallest absolute Gasteiger partial charge is 0.319 e. The van der Waals surface area contributed by atoms with Crippen LogP contribution in [0.5, 0.6) is 0 Å². The Labute approximate surface area is 143 Å². The van der Waals surface area contributed by atoms with E-state index in [2.05, 4.69) is 10.6 Å². The maximum Gasteiger partial charge on any atom is 0.322 e. The van der Waals surface area contributed by atoms with Crippen molar-refractivity contribution in [2.24, 2.45) is 0 Å². The summed E-state index contributed by atoms with van der Waals surface area (Å²) >= 11 is 12.4.